The van der Waals surface area contributed by atoms with Crippen molar-refractivity contribution in [3.05, 3.63) is 65.2 Å². The molecule has 2 N–H and O–H groups in total. The van der Waals surface area contributed by atoms with Gasteiger partial charge in [-0.05, 0) is 11.6 Å². The van der Waals surface area contributed by atoms with E-state index in [1.165, 1.54) is 28.1 Å². The molecule has 2 aromatic carbocycles. The number of hydrazine groups is 2. The van der Waals surface area contributed by atoms with E-state index in [9.17, 15) is 0 Å². The minimum atomic E-state index is 0.901. The maximum atomic E-state index is 8.00. The third-order valence-corrected chi connectivity index (χ3v) is 4.19. The van der Waals surface area contributed by atoms with Gasteiger partial charge in [0.25, 0.3) is 0 Å². The molecule has 0 saturated heterocycles. The first-order valence-electron chi connectivity index (χ1n) is 9.43. The number of fused-ring (bicyclic) bond motifs is 4. The lowest BCUT2D eigenvalue weighted by Crippen LogP contribution is -2.34. The quantitative estimate of drug-likeness (QED) is 0.727. The molecular formula is C22H32N4O. The second-order valence-corrected chi connectivity index (χ2v) is 5.55. The van der Waals surface area contributed by atoms with Crippen LogP contribution < -0.4 is 15.9 Å². The highest BCUT2D eigenvalue weighted by Crippen LogP contribution is 2.37. The lowest BCUT2D eigenvalue weighted by Gasteiger charge is -2.27. The molecule has 2 heterocycles. The van der Waals surface area contributed by atoms with E-state index in [0.29, 0.717) is 0 Å². The standard InChI is InChI=1S/C17H18N4.2C2H6.CH2O/c1-20-11-12-7-3-4-8-13(12)17-16(18-19-21(17)2)14-9-5-6-10-15(14)20;3*1-2/h3-10,18-19H,11H2,1-2H3;2*1-2H3;1H2. The van der Waals surface area contributed by atoms with Gasteiger partial charge in [-0.25, -0.2) is 0 Å². The molecule has 0 radical (unpaired) electrons. The van der Waals surface area contributed by atoms with Gasteiger partial charge < -0.3 is 15.1 Å². The van der Waals surface area contributed by atoms with Gasteiger partial charge >= 0.3 is 0 Å². The van der Waals surface area contributed by atoms with Crippen LogP contribution in [0.1, 0.15) is 44.4 Å². The van der Waals surface area contributed by atoms with Crippen molar-refractivity contribution in [2.24, 2.45) is 0 Å². The van der Waals surface area contributed by atoms with Gasteiger partial charge in [-0.15, -0.1) is 5.53 Å². The lowest BCUT2D eigenvalue weighted by atomic mass is 9.96. The zero-order valence-electron chi connectivity index (χ0n) is 17.3. The molecule has 2 aliphatic rings. The molecule has 0 atom stereocenters. The van der Waals surface area contributed by atoms with Crippen molar-refractivity contribution in [2.75, 3.05) is 19.0 Å². The summed E-state index contributed by atoms with van der Waals surface area (Å²) in [6, 6.07) is 17.1. The zero-order chi connectivity index (χ0) is 20.4. The highest BCUT2D eigenvalue weighted by Gasteiger charge is 2.27. The molecule has 0 saturated carbocycles. The maximum Gasteiger partial charge on any atom is 0.106 e. The monoisotopic (exact) mass is 368 g/mol. The third-order valence-electron chi connectivity index (χ3n) is 4.19. The number of hydrogen-bond acceptors (Lipinski definition) is 5. The van der Waals surface area contributed by atoms with Gasteiger partial charge in [0.1, 0.15) is 6.79 Å². The Kier molecular flexibility index (Phi) is 9.09. The van der Waals surface area contributed by atoms with Crippen molar-refractivity contribution < 1.29 is 4.79 Å². The maximum absolute atomic E-state index is 8.00. The molecule has 27 heavy (non-hydrogen) atoms. The summed E-state index contributed by atoms with van der Waals surface area (Å²) >= 11 is 0. The van der Waals surface area contributed by atoms with Crippen LogP contribution in [0, 0.1) is 0 Å². The largest absolute Gasteiger partial charge is 0.370 e. The van der Waals surface area contributed by atoms with Crippen LogP contribution in [0.3, 0.4) is 0 Å². The minimum Gasteiger partial charge on any atom is -0.370 e. The molecular weight excluding hydrogens is 336 g/mol. The molecule has 5 heteroatoms. The molecule has 0 aromatic heterocycles. The lowest BCUT2D eigenvalue weighted by molar-refractivity contribution is -0.0979. The highest BCUT2D eigenvalue weighted by atomic mass is 16.1. The van der Waals surface area contributed by atoms with Crippen molar-refractivity contribution >= 4 is 23.9 Å². The second-order valence-electron chi connectivity index (χ2n) is 5.55. The van der Waals surface area contributed by atoms with E-state index < -0.39 is 0 Å². The van der Waals surface area contributed by atoms with Crippen LogP contribution in [-0.4, -0.2) is 25.9 Å². The molecule has 0 fully saturated rings. The molecule has 5 nitrogen and oxygen atoms in total. The predicted octanol–water partition coefficient (Wildman–Crippen LogP) is 4.28. The summed E-state index contributed by atoms with van der Waals surface area (Å²) in [6.45, 7) is 10.9. The molecule has 0 bridgehead atoms. The Bertz CT molecular complexity index is 757. The van der Waals surface area contributed by atoms with E-state index >= 15 is 0 Å². The van der Waals surface area contributed by atoms with E-state index in [1.807, 2.05) is 41.5 Å². The fourth-order valence-corrected chi connectivity index (χ4v) is 3.18. The molecule has 146 valence electrons. The topological polar surface area (TPSA) is 47.6 Å². The number of hydrogen-bond donors (Lipinski definition) is 2. The number of carbonyl (C=O) groups is 1. The van der Waals surface area contributed by atoms with E-state index in [4.69, 9.17) is 4.79 Å². The Balaban J connectivity index is 0.000000556. The Labute approximate surface area is 163 Å². The number of nitrogens with zero attached hydrogens (tertiary/aromatic N) is 2. The Morgan fingerprint density at radius 3 is 2.07 bits per heavy atom. The van der Waals surface area contributed by atoms with Crippen LogP contribution in [0.5, 0.6) is 0 Å². The van der Waals surface area contributed by atoms with E-state index in [1.54, 1.807) is 0 Å². The number of anilines is 1. The highest BCUT2D eigenvalue weighted by molar-refractivity contribution is 5.95. The SMILES string of the molecule is C=O.CC.CC.CN1NNC2=C1c1ccccc1CN(C)c1ccccc12. The van der Waals surface area contributed by atoms with Crippen LogP contribution in [0.2, 0.25) is 0 Å². The number of carbonyl (C=O) groups excluding carboxylic acids is 1. The first-order chi connectivity index (χ1) is 13.3. The molecule has 4 rings (SSSR count). The average Bonchev–Trinajstić information content (AvgIpc) is 3.13. The third kappa shape index (κ3) is 4.49. The summed E-state index contributed by atoms with van der Waals surface area (Å²) in [7, 11) is 4.19. The Hall–Kier alpha value is -2.79. The minimum absolute atomic E-state index is 0.901. The predicted molar refractivity (Wildman–Crippen MR) is 116 cm³/mol. The number of nitrogens with one attached hydrogen (secondary N) is 2. The number of para-hydroxylation sites is 1. The van der Waals surface area contributed by atoms with Crippen LogP contribution in [0.25, 0.3) is 11.4 Å². The van der Waals surface area contributed by atoms with Crippen LogP contribution in [0.15, 0.2) is 48.5 Å². The van der Waals surface area contributed by atoms with E-state index in [-0.39, 0.29) is 0 Å². The molecule has 2 aliphatic heterocycles. The fraction of sp³-hybridized carbons (Fsp3) is 0.318. The van der Waals surface area contributed by atoms with Crippen LogP contribution in [-0.2, 0) is 11.3 Å². The Morgan fingerprint density at radius 2 is 1.41 bits per heavy atom. The van der Waals surface area contributed by atoms with E-state index in [0.717, 1.165) is 12.2 Å². The van der Waals surface area contributed by atoms with Gasteiger partial charge in [0, 0.05) is 37.5 Å². The summed E-state index contributed by atoms with van der Waals surface area (Å²) < 4.78 is 0. The molecule has 0 unspecified atom stereocenters. The van der Waals surface area contributed by atoms with Gasteiger partial charge in [-0.3, -0.25) is 5.01 Å². The van der Waals surface area contributed by atoms with Crippen molar-refractivity contribution in [1.29, 1.82) is 0 Å². The number of rotatable bonds is 0. The van der Waals surface area contributed by atoms with E-state index in [2.05, 4.69) is 76.4 Å². The molecule has 0 amide bonds. The van der Waals surface area contributed by atoms with Crippen LogP contribution >= 0.6 is 0 Å². The first kappa shape index (κ1) is 22.3. The van der Waals surface area contributed by atoms with Gasteiger partial charge in [-0.2, -0.15) is 0 Å². The van der Waals surface area contributed by atoms with Gasteiger partial charge in [-0.1, -0.05) is 70.2 Å². The molecule has 0 spiro atoms. The van der Waals surface area contributed by atoms with Crippen molar-refractivity contribution in [3.63, 3.8) is 0 Å². The summed E-state index contributed by atoms with van der Waals surface area (Å²) in [5.74, 6) is 0. The Morgan fingerprint density at radius 1 is 0.852 bits per heavy atom. The second kappa shape index (κ2) is 11.0. The number of benzene rings is 2. The normalized spacial score (nSPS) is 13.6. The summed E-state index contributed by atoms with van der Waals surface area (Å²) in [4.78, 5) is 10.3. The average molecular weight is 369 g/mol. The first-order valence-corrected chi connectivity index (χ1v) is 9.43. The fourth-order valence-electron chi connectivity index (χ4n) is 3.18. The van der Waals surface area contributed by atoms with Crippen molar-refractivity contribution in [3.8, 4) is 0 Å². The van der Waals surface area contributed by atoms with Crippen LogP contribution in [0.4, 0.5) is 5.69 Å². The van der Waals surface area contributed by atoms with Gasteiger partial charge in [0.05, 0.1) is 11.4 Å². The summed E-state index contributed by atoms with van der Waals surface area (Å²) in [5, 5.41) is 2.05. The van der Waals surface area contributed by atoms with Gasteiger partial charge in [0.2, 0.25) is 0 Å². The van der Waals surface area contributed by atoms with Crippen molar-refractivity contribution in [2.45, 2.75) is 34.2 Å². The smallest absolute Gasteiger partial charge is 0.106 e. The summed E-state index contributed by atoms with van der Waals surface area (Å²) in [5.41, 5.74) is 13.9. The van der Waals surface area contributed by atoms with Gasteiger partial charge in [0.15, 0.2) is 0 Å². The molecule has 2 aromatic rings. The zero-order valence-corrected chi connectivity index (χ0v) is 17.3. The van der Waals surface area contributed by atoms with Crippen molar-refractivity contribution in [1.82, 2.24) is 16.0 Å². The molecule has 0 aliphatic carbocycles. The summed E-state index contributed by atoms with van der Waals surface area (Å²) in [6.07, 6.45) is 0.